The molecule has 0 atom stereocenters. The van der Waals surface area contributed by atoms with Crippen molar-refractivity contribution in [2.24, 2.45) is 0 Å². The third kappa shape index (κ3) is 5.86. The Kier molecular flexibility index (Phi) is 5.54. The fourth-order valence-electron chi connectivity index (χ4n) is 0.480. The maximum Gasteiger partial charge on any atom is 0.341 e. The Morgan fingerprint density at radius 3 is 2.54 bits per heavy atom. The predicted octanol–water partition coefficient (Wildman–Crippen LogP) is 0.583. The van der Waals surface area contributed by atoms with Crippen molar-refractivity contribution >= 4 is 5.97 Å². The zero-order valence-electron chi connectivity index (χ0n) is 7.94. The van der Waals surface area contributed by atoms with Crippen molar-refractivity contribution < 1.29 is 14.6 Å². The minimum absolute atomic E-state index is 0.167. The van der Waals surface area contributed by atoms with Gasteiger partial charge in [0.05, 0.1) is 18.9 Å². The first-order valence-corrected chi connectivity index (χ1v) is 3.83. The summed E-state index contributed by atoms with van der Waals surface area (Å²) in [5, 5.41) is 14.1. The topological polar surface area (TPSA) is 75.2 Å². The van der Waals surface area contributed by atoms with E-state index in [2.05, 4.69) is 14.9 Å². The Morgan fingerprint density at radius 2 is 2.23 bits per heavy atom. The molecule has 0 aliphatic carbocycles. The summed E-state index contributed by atoms with van der Waals surface area (Å²) in [5.74, 6) is -0.372. The predicted molar refractivity (Wildman–Crippen MR) is 47.3 cm³/mol. The number of rotatable bonds is 1. The molecule has 1 rings (SSSR count). The first-order chi connectivity index (χ1) is 6.07. The molecular formula is C8H14N2O3. The minimum atomic E-state index is -0.372. The summed E-state index contributed by atoms with van der Waals surface area (Å²) in [6, 6.07) is 0. The fourth-order valence-corrected chi connectivity index (χ4v) is 0.480. The number of hydrogen-bond acceptors (Lipinski definition) is 4. The van der Waals surface area contributed by atoms with Crippen LogP contribution in [0.5, 0.6) is 0 Å². The molecule has 1 aromatic rings. The van der Waals surface area contributed by atoms with E-state index in [1.165, 1.54) is 19.5 Å². The molecule has 2 N–H and O–H groups in total. The number of methoxy groups -OCH3 is 1. The summed E-state index contributed by atoms with van der Waals surface area (Å²) in [4.78, 5) is 10.6. The van der Waals surface area contributed by atoms with Crippen molar-refractivity contribution in [1.29, 1.82) is 0 Å². The van der Waals surface area contributed by atoms with Crippen LogP contribution in [0.2, 0.25) is 0 Å². The Balaban J connectivity index is 0.000000310. The summed E-state index contributed by atoms with van der Waals surface area (Å²) in [5.41, 5.74) is 0.442. The van der Waals surface area contributed by atoms with Gasteiger partial charge in [0.2, 0.25) is 0 Å². The summed E-state index contributed by atoms with van der Waals surface area (Å²) in [7, 11) is 1.33. The van der Waals surface area contributed by atoms with Crippen molar-refractivity contribution in [2.45, 2.75) is 20.0 Å². The average molecular weight is 186 g/mol. The van der Waals surface area contributed by atoms with E-state index in [9.17, 15) is 4.79 Å². The molecule has 1 aromatic heterocycles. The number of aliphatic hydroxyl groups excluding tert-OH is 1. The van der Waals surface area contributed by atoms with Crippen LogP contribution in [-0.4, -0.2) is 34.5 Å². The van der Waals surface area contributed by atoms with Gasteiger partial charge in [-0.15, -0.1) is 0 Å². The summed E-state index contributed by atoms with van der Waals surface area (Å²) < 4.78 is 4.40. The number of esters is 1. The number of nitrogens with zero attached hydrogens (tertiary/aromatic N) is 1. The highest BCUT2D eigenvalue weighted by Gasteiger charge is 2.03. The van der Waals surface area contributed by atoms with Crippen LogP contribution in [0.3, 0.4) is 0 Å². The van der Waals surface area contributed by atoms with E-state index in [1.807, 2.05) is 0 Å². The molecule has 0 saturated carbocycles. The number of aromatic amines is 1. The van der Waals surface area contributed by atoms with Gasteiger partial charge in [-0.3, -0.25) is 5.10 Å². The van der Waals surface area contributed by atoms with Crippen LogP contribution in [0.25, 0.3) is 0 Å². The zero-order valence-corrected chi connectivity index (χ0v) is 7.94. The molecule has 0 fully saturated rings. The molecule has 0 unspecified atom stereocenters. The molecule has 0 spiro atoms. The van der Waals surface area contributed by atoms with Crippen molar-refractivity contribution in [3.8, 4) is 0 Å². The number of hydrogen-bond donors (Lipinski definition) is 2. The first kappa shape index (κ1) is 11.6. The monoisotopic (exact) mass is 186 g/mol. The van der Waals surface area contributed by atoms with E-state index < -0.39 is 0 Å². The van der Waals surface area contributed by atoms with Crippen LogP contribution >= 0.6 is 0 Å². The van der Waals surface area contributed by atoms with Gasteiger partial charge in [-0.05, 0) is 13.8 Å². The highest BCUT2D eigenvalue weighted by atomic mass is 16.5. The van der Waals surface area contributed by atoms with Crippen molar-refractivity contribution in [1.82, 2.24) is 10.2 Å². The molecule has 0 aliphatic heterocycles. The van der Waals surface area contributed by atoms with Crippen LogP contribution in [0, 0.1) is 0 Å². The maximum absolute atomic E-state index is 10.6. The van der Waals surface area contributed by atoms with Gasteiger partial charge >= 0.3 is 5.97 Å². The molecule has 13 heavy (non-hydrogen) atoms. The lowest BCUT2D eigenvalue weighted by atomic mass is 10.4. The molecule has 0 bridgehead atoms. The molecule has 74 valence electrons. The molecule has 0 aliphatic rings. The lowest BCUT2D eigenvalue weighted by molar-refractivity contribution is 0.0601. The van der Waals surface area contributed by atoms with E-state index >= 15 is 0 Å². The normalized spacial score (nSPS) is 9.00. The molecule has 0 amide bonds. The fraction of sp³-hybridized carbons (Fsp3) is 0.500. The number of nitrogens with one attached hydrogen (secondary N) is 1. The van der Waals surface area contributed by atoms with Gasteiger partial charge in [0.25, 0.3) is 0 Å². The van der Waals surface area contributed by atoms with E-state index in [-0.39, 0.29) is 12.1 Å². The van der Waals surface area contributed by atoms with Crippen LogP contribution in [-0.2, 0) is 4.74 Å². The van der Waals surface area contributed by atoms with Gasteiger partial charge in [-0.1, -0.05) is 0 Å². The average Bonchev–Trinajstić information content (AvgIpc) is 2.54. The quantitative estimate of drug-likeness (QED) is 0.629. The Bertz CT molecular complexity index is 229. The highest BCUT2D eigenvalue weighted by Crippen LogP contribution is 1.94. The van der Waals surface area contributed by atoms with Crippen LogP contribution < -0.4 is 0 Å². The van der Waals surface area contributed by atoms with Crippen molar-refractivity contribution in [2.75, 3.05) is 7.11 Å². The third-order valence-electron chi connectivity index (χ3n) is 0.919. The molecule has 0 aromatic carbocycles. The number of carbonyl (C=O) groups excluding carboxylic acids is 1. The summed E-state index contributed by atoms with van der Waals surface area (Å²) in [6.45, 7) is 3.44. The number of ether oxygens (including phenoxy) is 1. The van der Waals surface area contributed by atoms with Gasteiger partial charge in [0, 0.05) is 12.3 Å². The molecule has 0 saturated heterocycles. The van der Waals surface area contributed by atoms with Gasteiger partial charge in [-0.2, -0.15) is 5.10 Å². The van der Waals surface area contributed by atoms with Crippen molar-refractivity contribution in [3.05, 3.63) is 18.0 Å². The minimum Gasteiger partial charge on any atom is -0.465 e. The Hall–Kier alpha value is -1.36. The second-order valence-corrected chi connectivity index (χ2v) is 2.57. The number of carbonyl (C=O) groups is 1. The highest BCUT2D eigenvalue weighted by molar-refractivity contribution is 5.88. The summed E-state index contributed by atoms with van der Waals surface area (Å²) in [6.07, 6.45) is 2.72. The molecule has 5 nitrogen and oxygen atoms in total. The SMILES string of the molecule is CC(C)O.COC(=O)c1cn[nH]c1. The van der Waals surface area contributed by atoms with Crippen LogP contribution in [0.4, 0.5) is 0 Å². The van der Waals surface area contributed by atoms with Crippen LogP contribution in [0.1, 0.15) is 24.2 Å². The summed E-state index contributed by atoms with van der Waals surface area (Å²) >= 11 is 0. The second-order valence-electron chi connectivity index (χ2n) is 2.57. The smallest absolute Gasteiger partial charge is 0.341 e. The molecule has 5 heteroatoms. The second kappa shape index (κ2) is 6.19. The standard InChI is InChI=1S/C5H6N2O2.C3H8O/c1-9-5(8)4-2-6-7-3-4;1-3(2)4/h2-3H,1H3,(H,6,7);3-4H,1-2H3. The Morgan fingerprint density at radius 1 is 1.69 bits per heavy atom. The van der Waals surface area contributed by atoms with Crippen LogP contribution in [0.15, 0.2) is 12.4 Å². The largest absolute Gasteiger partial charge is 0.465 e. The maximum atomic E-state index is 10.6. The van der Waals surface area contributed by atoms with E-state index in [0.29, 0.717) is 5.56 Å². The lowest BCUT2D eigenvalue weighted by Gasteiger charge is -1.89. The Labute approximate surface area is 76.7 Å². The van der Waals surface area contributed by atoms with Gasteiger partial charge in [0.1, 0.15) is 0 Å². The number of aromatic nitrogens is 2. The van der Waals surface area contributed by atoms with E-state index in [1.54, 1.807) is 13.8 Å². The first-order valence-electron chi connectivity index (χ1n) is 3.83. The van der Waals surface area contributed by atoms with E-state index in [0.717, 1.165) is 0 Å². The van der Waals surface area contributed by atoms with E-state index in [4.69, 9.17) is 5.11 Å². The van der Waals surface area contributed by atoms with Crippen molar-refractivity contribution in [3.63, 3.8) is 0 Å². The van der Waals surface area contributed by atoms with Gasteiger partial charge in [-0.25, -0.2) is 4.79 Å². The van der Waals surface area contributed by atoms with Gasteiger partial charge in [0.15, 0.2) is 0 Å². The third-order valence-corrected chi connectivity index (χ3v) is 0.919. The molecule has 1 heterocycles. The molecule has 0 radical (unpaired) electrons. The van der Waals surface area contributed by atoms with Gasteiger partial charge < -0.3 is 9.84 Å². The number of aliphatic hydroxyl groups is 1. The number of H-pyrrole nitrogens is 1. The lowest BCUT2D eigenvalue weighted by Crippen LogP contribution is -1.98. The molecular weight excluding hydrogens is 172 g/mol. The zero-order chi connectivity index (χ0) is 10.3.